The second-order valence-corrected chi connectivity index (χ2v) is 5.50. The summed E-state index contributed by atoms with van der Waals surface area (Å²) in [6.07, 6.45) is 5.22. The van der Waals surface area contributed by atoms with Crippen molar-refractivity contribution in [2.24, 2.45) is 11.7 Å². The molecule has 1 aliphatic carbocycles. The number of methoxy groups -OCH3 is 2. The summed E-state index contributed by atoms with van der Waals surface area (Å²) in [5.74, 6) is 1.56. The van der Waals surface area contributed by atoms with Crippen molar-refractivity contribution in [3.63, 3.8) is 0 Å². The fraction of sp³-hybridized carbons (Fsp3) is 0.625. The van der Waals surface area contributed by atoms with Crippen molar-refractivity contribution in [2.75, 3.05) is 14.2 Å². The Balaban J connectivity index is 0.00000220. The van der Waals surface area contributed by atoms with Crippen molar-refractivity contribution in [1.82, 2.24) is 0 Å². The molecule has 0 aromatic heterocycles. The van der Waals surface area contributed by atoms with Crippen LogP contribution in [-0.4, -0.2) is 25.4 Å². The molecule has 4 nitrogen and oxygen atoms in total. The van der Waals surface area contributed by atoms with Crippen LogP contribution in [0, 0.1) is 5.92 Å². The monoisotopic (exact) mass is 315 g/mol. The van der Waals surface area contributed by atoms with Crippen LogP contribution in [0.3, 0.4) is 0 Å². The molecule has 3 N–H and O–H groups in total. The van der Waals surface area contributed by atoms with Gasteiger partial charge in [-0.2, -0.15) is 0 Å². The molecule has 1 saturated carbocycles. The summed E-state index contributed by atoms with van der Waals surface area (Å²) in [7, 11) is 3.20. The Labute approximate surface area is 133 Å². The van der Waals surface area contributed by atoms with Gasteiger partial charge < -0.3 is 20.3 Å². The number of ether oxygens (including phenoxy) is 2. The maximum Gasteiger partial charge on any atom is 0.165 e. The van der Waals surface area contributed by atoms with Gasteiger partial charge in [0.2, 0.25) is 0 Å². The summed E-state index contributed by atoms with van der Waals surface area (Å²) in [5, 5.41) is 10.6. The van der Waals surface area contributed by atoms with Crippen molar-refractivity contribution in [3.8, 4) is 11.5 Å². The normalized spacial score (nSPS) is 18.5. The van der Waals surface area contributed by atoms with E-state index >= 15 is 0 Å². The molecule has 0 heterocycles. The number of nitrogens with two attached hydrogens (primary N) is 1. The second kappa shape index (κ2) is 8.47. The molecular weight excluding hydrogens is 290 g/mol. The van der Waals surface area contributed by atoms with Crippen molar-refractivity contribution in [2.45, 2.75) is 44.2 Å². The van der Waals surface area contributed by atoms with Crippen LogP contribution in [0.1, 0.15) is 43.7 Å². The largest absolute Gasteiger partial charge is 0.493 e. The molecule has 1 aliphatic rings. The van der Waals surface area contributed by atoms with Crippen LogP contribution in [0.4, 0.5) is 0 Å². The second-order valence-electron chi connectivity index (χ2n) is 5.50. The number of aliphatic hydroxyl groups is 1. The summed E-state index contributed by atoms with van der Waals surface area (Å²) in [5.41, 5.74) is 7.09. The predicted octanol–water partition coefficient (Wildman–Crippen LogP) is 3.07. The van der Waals surface area contributed by atoms with Gasteiger partial charge in [0.25, 0.3) is 0 Å². The van der Waals surface area contributed by atoms with E-state index in [1.165, 1.54) is 19.3 Å². The van der Waals surface area contributed by atoms with Gasteiger partial charge in [-0.15, -0.1) is 12.4 Å². The number of rotatable bonds is 5. The lowest BCUT2D eigenvalue weighted by Crippen LogP contribution is -2.34. The molecule has 2 atom stereocenters. The molecule has 2 rings (SSSR count). The number of hydrogen-bond donors (Lipinski definition) is 2. The Hall–Kier alpha value is -0.970. The molecule has 0 spiro atoms. The minimum absolute atomic E-state index is 0. The fourth-order valence-corrected chi connectivity index (χ4v) is 3.13. The molecule has 0 unspecified atom stereocenters. The number of aliphatic hydroxyl groups excluding tert-OH is 1. The zero-order valence-corrected chi connectivity index (χ0v) is 13.6. The van der Waals surface area contributed by atoms with Crippen LogP contribution >= 0.6 is 12.4 Å². The minimum Gasteiger partial charge on any atom is -0.493 e. The highest BCUT2D eigenvalue weighted by atomic mass is 35.5. The molecule has 1 fully saturated rings. The van der Waals surface area contributed by atoms with Gasteiger partial charge in [0.05, 0.1) is 26.4 Å². The maximum absolute atomic E-state index is 10.6. The van der Waals surface area contributed by atoms with Crippen molar-refractivity contribution < 1.29 is 14.6 Å². The number of hydrogen-bond acceptors (Lipinski definition) is 4. The molecule has 0 radical (unpaired) electrons. The van der Waals surface area contributed by atoms with E-state index in [4.69, 9.17) is 15.2 Å². The third-order valence-electron chi connectivity index (χ3n) is 4.29. The van der Waals surface area contributed by atoms with E-state index in [1.54, 1.807) is 14.2 Å². The highest BCUT2D eigenvalue weighted by Gasteiger charge is 2.29. The van der Waals surface area contributed by atoms with Gasteiger partial charge in [-0.3, -0.25) is 0 Å². The zero-order chi connectivity index (χ0) is 14.5. The van der Waals surface area contributed by atoms with E-state index in [1.807, 2.05) is 18.2 Å². The van der Waals surface area contributed by atoms with Crippen LogP contribution in [0.2, 0.25) is 0 Å². The molecule has 5 heteroatoms. The number of para-hydroxylation sites is 1. The zero-order valence-electron chi connectivity index (χ0n) is 12.7. The van der Waals surface area contributed by atoms with Crippen LogP contribution in [-0.2, 0) is 0 Å². The summed E-state index contributed by atoms with van der Waals surface area (Å²) in [6.45, 7) is 0. The first-order chi connectivity index (χ1) is 9.69. The first kappa shape index (κ1) is 18.1. The molecule has 21 heavy (non-hydrogen) atoms. The lowest BCUT2D eigenvalue weighted by molar-refractivity contribution is 0.0610. The molecule has 120 valence electrons. The van der Waals surface area contributed by atoms with Gasteiger partial charge in [0.1, 0.15) is 0 Å². The Morgan fingerprint density at radius 3 is 2.38 bits per heavy atom. The van der Waals surface area contributed by atoms with Crippen LogP contribution in [0.15, 0.2) is 18.2 Å². The van der Waals surface area contributed by atoms with Crippen molar-refractivity contribution in [1.29, 1.82) is 0 Å². The minimum atomic E-state index is -0.531. The highest BCUT2D eigenvalue weighted by molar-refractivity contribution is 5.85. The highest BCUT2D eigenvalue weighted by Crippen LogP contribution is 2.38. The topological polar surface area (TPSA) is 64.7 Å². The van der Waals surface area contributed by atoms with E-state index in [0.717, 1.165) is 18.4 Å². The summed E-state index contributed by atoms with van der Waals surface area (Å²) >= 11 is 0. The molecule has 0 saturated heterocycles. The summed E-state index contributed by atoms with van der Waals surface area (Å²) in [4.78, 5) is 0. The number of halogens is 1. The molecule has 1 aromatic rings. The van der Waals surface area contributed by atoms with E-state index < -0.39 is 12.1 Å². The Morgan fingerprint density at radius 1 is 1.14 bits per heavy atom. The Morgan fingerprint density at radius 2 is 1.81 bits per heavy atom. The molecule has 1 aromatic carbocycles. The van der Waals surface area contributed by atoms with Crippen LogP contribution in [0.25, 0.3) is 0 Å². The van der Waals surface area contributed by atoms with E-state index in [9.17, 15) is 5.11 Å². The van der Waals surface area contributed by atoms with Gasteiger partial charge in [0.15, 0.2) is 11.5 Å². The first-order valence-corrected chi connectivity index (χ1v) is 7.33. The predicted molar refractivity (Wildman–Crippen MR) is 86.3 cm³/mol. The SMILES string of the molecule is COc1cccc([C@@H](N)[C@@H](O)C2CCCCC2)c1OC.Cl. The Bertz CT molecular complexity index is 436. The van der Waals surface area contributed by atoms with Gasteiger partial charge in [-0.1, -0.05) is 31.4 Å². The summed E-state index contributed by atoms with van der Waals surface area (Å²) < 4.78 is 10.7. The van der Waals surface area contributed by atoms with Gasteiger partial charge in [0, 0.05) is 5.56 Å². The maximum atomic E-state index is 10.6. The average Bonchev–Trinajstić information content (AvgIpc) is 2.53. The molecule has 0 bridgehead atoms. The standard InChI is InChI=1S/C16H25NO3.ClH/c1-19-13-10-6-9-12(16(13)20-2)14(17)15(18)11-7-4-3-5-8-11;/h6,9-11,14-15,18H,3-5,7-8,17H2,1-2H3;1H/t14-,15+;/m1./s1. The molecule has 0 aliphatic heterocycles. The Kier molecular flexibility index (Phi) is 7.29. The van der Waals surface area contributed by atoms with E-state index in [-0.39, 0.29) is 18.3 Å². The van der Waals surface area contributed by atoms with Crippen LogP contribution in [0.5, 0.6) is 11.5 Å². The molecule has 0 amide bonds. The number of benzene rings is 1. The lowest BCUT2D eigenvalue weighted by atomic mass is 9.81. The van der Waals surface area contributed by atoms with Gasteiger partial charge in [-0.25, -0.2) is 0 Å². The fourth-order valence-electron chi connectivity index (χ4n) is 3.13. The third kappa shape index (κ3) is 4.02. The average molecular weight is 316 g/mol. The molecular formula is C16H26ClNO3. The lowest BCUT2D eigenvalue weighted by Gasteiger charge is -2.31. The first-order valence-electron chi connectivity index (χ1n) is 7.33. The van der Waals surface area contributed by atoms with Crippen molar-refractivity contribution >= 4 is 12.4 Å². The van der Waals surface area contributed by atoms with E-state index in [2.05, 4.69) is 0 Å². The smallest absolute Gasteiger partial charge is 0.165 e. The third-order valence-corrected chi connectivity index (χ3v) is 4.29. The van der Waals surface area contributed by atoms with Gasteiger partial charge >= 0.3 is 0 Å². The summed E-state index contributed by atoms with van der Waals surface area (Å²) in [6, 6.07) is 5.17. The van der Waals surface area contributed by atoms with Crippen molar-refractivity contribution in [3.05, 3.63) is 23.8 Å². The van der Waals surface area contributed by atoms with Crippen LogP contribution < -0.4 is 15.2 Å². The quantitative estimate of drug-likeness (QED) is 0.876. The van der Waals surface area contributed by atoms with Gasteiger partial charge in [-0.05, 0) is 24.8 Å². The van der Waals surface area contributed by atoms with E-state index in [0.29, 0.717) is 11.5 Å².